The summed E-state index contributed by atoms with van der Waals surface area (Å²) in [5, 5.41) is 2.85. The van der Waals surface area contributed by atoms with E-state index in [9.17, 15) is 4.79 Å². The highest BCUT2D eigenvalue weighted by molar-refractivity contribution is 5.79. The maximum Gasteiger partial charge on any atom is 0.225 e. The van der Waals surface area contributed by atoms with Crippen molar-refractivity contribution < 1.29 is 9.53 Å². The van der Waals surface area contributed by atoms with Gasteiger partial charge in [-0.05, 0) is 20.3 Å². The fourth-order valence-electron chi connectivity index (χ4n) is 1.42. The number of ether oxygens (including phenoxy) is 1. The third kappa shape index (κ3) is 2.97. The molecule has 1 heterocycles. The predicted molar refractivity (Wildman–Crippen MR) is 50.2 cm³/mol. The quantitative estimate of drug-likeness (QED) is 0.645. The van der Waals surface area contributed by atoms with Gasteiger partial charge in [0.05, 0.1) is 18.6 Å². The fourth-order valence-corrected chi connectivity index (χ4v) is 1.42. The van der Waals surface area contributed by atoms with Gasteiger partial charge in [0.1, 0.15) is 0 Å². The largest absolute Gasteiger partial charge is 0.378 e. The second-order valence-electron chi connectivity index (χ2n) is 3.72. The van der Waals surface area contributed by atoms with E-state index >= 15 is 0 Å². The highest BCUT2D eigenvalue weighted by Gasteiger charge is 2.28. The Balaban J connectivity index is 2.31. The van der Waals surface area contributed by atoms with E-state index in [0.717, 1.165) is 6.42 Å². The van der Waals surface area contributed by atoms with E-state index < -0.39 is 0 Å². The second kappa shape index (κ2) is 4.58. The van der Waals surface area contributed by atoms with Crippen LogP contribution in [0.25, 0.3) is 0 Å². The smallest absolute Gasteiger partial charge is 0.225 e. The van der Waals surface area contributed by atoms with Gasteiger partial charge >= 0.3 is 0 Å². The lowest BCUT2D eigenvalue weighted by Gasteiger charge is -2.14. The third-order valence-corrected chi connectivity index (χ3v) is 2.31. The van der Waals surface area contributed by atoms with Crippen molar-refractivity contribution in [1.29, 1.82) is 0 Å². The molecular weight excluding hydrogens is 168 g/mol. The standard InChI is InChI=1S/C9H18N2O2/c1-6(4-10)11-9(12)8-3-7(2)13-5-8/h6-8H,3-5,10H2,1-2H3,(H,11,12)/t6-,7?,8?/m1/s1. The summed E-state index contributed by atoms with van der Waals surface area (Å²) in [6.45, 7) is 4.91. The fraction of sp³-hybridized carbons (Fsp3) is 0.889. The van der Waals surface area contributed by atoms with E-state index in [-0.39, 0.29) is 24.0 Å². The molecule has 1 rings (SSSR count). The van der Waals surface area contributed by atoms with Crippen molar-refractivity contribution in [1.82, 2.24) is 5.32 Å². The molecule has 1 amide bonds. The summed E-state index contributed by atoms with van der Waals surface area (Å²) < 4.78 is 5.31. The summed E-state index contributed by atoms with van der Waals surface area (Å²) in [5.74, 6) is 0.0892. The molecule has 13 heavy (non-hydrogen) atoms. The van der Waals surface area contributed by atoms with E-state index in [4.69, 9.17) is 10.5 Å². The van der Waals surface area contributed by atoms with Gasteiger partial charge in [0, 0.05) is 12.6 Å². The molecule has 0 aromatic heterocycles. The van der Waals surface area contributed by atoms with Gasteiger partial charge in [0.15, 0.2) is 0 Å². The summed E-state index contributed by atoms with van der Waals surface area (Å²) >= 11 is 0. The molecule has 0 spiro atoms. The Labute approximate surface area is 78.8 Å². The van der Waals surface area contributed by atoms with Crippen LogP contribution in [0.5, 0.6) is 0 Å². The summed E-state index contributed by atoms with van der Waals surface area (Å²) in [7, 11) is 0. The molecule has 0 aromatic carbocycles. The van der Waals surface area contributed by atoms with Crippen LogP contribution < -0.4 is 11.1 Å². The molecular formula is C9H18N2O2. The van der Waals surface area contributed by atoms with E-state index in [1.54, 1.807) is 0 Å². The molecule has 4 nitrogen and oxygen atoms in total. The summed E-state index contributed by atoms with van der Waals surface area (Å²) in [5.41, 5.74) is 5.40. The first-order valence-electron chi connectivity index (χ1n) is 4.75. The van der Waals surface area contributed by atoms with Crippen molar-refractivity contribution in [3.8, 4) is 0 Å². The molecule has 1 fully saturated rings. The van der Waals surface area contributed by atoms with Gasteiger partial charge in [-0.25, -0.2) is 0 Å². The van der Waals surface area contributed by atoms with Crippen LogP contribution in [0.1, 0.15) is 20.3 Å². The Morgan fingerprint density at radius 3 is 2.92 bits per heavy atom. The Morgan fingerprint density at radius 1 is 1.77 bits per heavy atom. The van der Waals surface area contributed by atoms with Crippen LogP contribution in [-0.4, -0.2) is 31.2 Å². The van der Waals surface area contributed by atoms with E-state index in [0.29, 0.717) is 13.2 Å². The number of nitrogens with two attached hydrogens (primary N) is 1. The molecule has 2 unspecified atom stereocenters. The van der Waals surface area contributed by atoms with Crippen molar-refractivity contribution in [2.45, 2.75) is 32.4 Å². The number of carbonyl (C=O) groups is 1. The molecule has 3 N–H and O–H groups in total. The predicted octanol–water partition coefficient (Wildman–Crippen LogP) is -0.125. The molecule has 0 aliphatic carbocycles. The van der Waals surface area contributed by atoms with Crippen LogP contribution in [-0.2, 0) is 9.53 Å². The topological polar surface area (TPSA) is 64.4 Å². The Morgan fingerprint density at radius 2 is 2.46 bits per heavy atom. The van der Waals surface area contributed by atoms with Gasteiger partial charge in [0.2, 0.25) is 5.91 Å². The molecule has 4 heteroatoms. The van der Waals surface area contributed by atoms with Gasteiger partial charge in [-0.1, -0.05) is 0 Å². The normalized spacial score (nSPS) is 30.1. The molecule has 0 aromatic rings. The first kappa shape index (κ1) is 10.5. The van der Waals surface area contributed by atoms with E-state index in [2.05, 4.69) is 5.32 Å². The minimum atomic E-state index is 0.0176. The average molecular weight is 186 g/mol. The van der Waals surface area contributed by atoms with Crippen molar-refractivity contribution >= 4 is 5.91 Å². The highest BCUT2D eigenvalue weighted by Crippen LogP contribution is 2.18. The molecule has 3 atom stereocenters. The van der Waals surface area contributed by atoms with Crippen LogP contribution in [0, 0.1) is 5.92 Å². The van der Waals surface area contributed by atoms with Crippen molar-refractivity contribution in [2.75, 3.05) is 13.2 Å². The maximum atomic E-state index is 11.5. The van der Waals surface area contributed by atoms with Gasteiger partial charge in [-0.3, -0.25) is 4.79 Å². The van der Waals surface area contributed by atoms with Crippen molar-refractivity contribution in [2.24, 2.45) is 11.7 Å². The van der Waals surface area contributed by atoms with E-state index in [1.807, 2.05) is 13.8 Å². The first-order valence-corrected chi connectivity index (χ1v) is 4.75. The number of amides is 1. The van der Waals surface area contributed by atoms with Crippen LogP contribution in [0.3, 0.4) is 0 Å². The number of rotatable bonds is 3. The Hall–Kier alpha value is -0.610. The highest BCUT2D eigenvalue weighted by atomic mass is 16.5. The first-order chi connectivity index (χ1) is 6.13. The summed E-state index contributed by atoms with van der Waals surface area (Å²) in [6.07, 6.45) is 1.03. The van der Waals surface area contributed by atoms with Crippen LogP contribution >= 0.6 is 0 Å². The zero-order valence-corrected chi connectivity index (χ0v) is 8.25. The van der Waals surface area contributed by atoms with Crippen molar-refractivity contribution in [3.63, 3.8) is 0 Å². The SMILES string of the molecule is CC1CC(C(=O)N[C@H](C)CN)CO1. The molecule has 0 saturated carbocycles. The zero-order chi connectivity index (χ0) is 9.84. The number of hydrogen-bond donors (Lipinski definition) is 2. The maximum absolute atomic E-state index is 11.5. The number of nitrogens with one attached hydrogen (secondary N) is 1. The molecule has 1 saturated heterocycles. The van der Waals surface area contributed by atoms with Gasteiger partial charge in [0.25, 0.3) is 0 Å². The summed E-state index contributed by atoms with van der Waals surface area (Å²) in [6, 6.07) is 0.0587. The third-order valence-electron chi connectivity index (χ3n) is 2.31. The molecule has 76 valence electrons. The average Bonchev–Trinajstić information content (AvgIpc) is 2.51. The number of carbonyl (C=O) groups excluding carboxylic acids is 1. The van der Waals surface area contributed by atoms with Crippen LogP contribution in [0.4, 0.5) is 0 Å². The van der Waals surface area contributed by atoms with E-state index in [1.165, 1.54) is 0 Å². The minimum Gasteiger partial charge on any atom is -0.378 e. The monoisotopic (exact) mass is 186 g/mol. The molecule has 0 radical (unpaired) electrons. The van der Waals surface area contributed by atoms with Crippen molar-refractivity contribution in [3.05, 3.63) is 0 Å². The second-order valence-corrected chi connectivity index (χ2v) is 3.72. The molecule has 0 bridgehead atoms. The molecule has 1 aliphatic heterocycles. The lowest BCUT2D eigenvalue weighted by atomic mass is 10.1. The molecule has 1 aliphatic rings. The lowest BCUT2D eigenvalue weighted by molar-refractivity contribution is -0.125. The lowest BCUT2D eigenvalue weighted by Crippen LogP contribution is -2.41. The van der Waals surface area contributed by atoms with Gasteiger partial charge in [-0.2, -0.15) is 0 Å². The Kier molecular flexibility index (Phi) is 3.69. The Bertz CT molecular complexity index is 184. The number of hydrogen-bond acceptors (Lipinski definition) is 3. The van der Waals surface area contributed by atoms with Gasteiger partial charge < -0.3 is 15.8 Å². The van der Waals surface area contributed by atoms with Crippen LogP contribution in [0.2, 0.25) is 0 Å². The summed E-state index contributed by atoms with van der Waals surface area (Å²) in [4.78, 5) is 11.5. The van der Waals surface area contributed by atoms with Gasteiger partial charge in [-0.15, -0.1) is 0 Å². The van der Waals surface area contributed by atoms with Crippen LogP contribution in [0.15, 0.2) is 0 Å². The minimum absolute atomic E-state index is 0.0176. The zero-order valence-electron chi connectivity index (χ0n) is 8.25.